The monoisotopic (exact) mass is 427 g/mol. The molecule has 2 aromatic heterocycles. The van der Waals surface area contributed by atoms with E-state index < -0.39 is 0 Å². The van der Waals surface area contributed by atoms with Gasteiger partial charge in [0.15, 0.2) is 0 Å². The molecule has 0 radical (unpaired) electrons. The number of pyridine rings is 1. The molecule has 0 aliphatic carbocycles. The van der Waals surface area contributed by atoms with Crippen LogP contribution < -0.4 is 16.2 Å². The summed E-state index contributed by atoms with van der Waals surface area (Å²) >= 11 is 0. The number of fused-ring (bicyclic) bond motifs is 1. The van der Waals surface area contributed by atoms with Crippen LogP contribution >= 0.6 is 0 Å². The van der Waals surface area contributed by atoms with Crippen LogP contribution in [0.25, 0.3) is 22.0 Å². The minimum absolute atomic E-state index is 0.433. The highest BCUT2D eigenvalue weighted by atomic mass is 16.5. The van der Waals surface area contributed by atoms with Crippen molar-refractivity contribution in [3.05, 3.63) is 71.5 Å². The van der Waals surface area contributed by atoms with Crippen LogP contribution in [0.5, 0.6) is 5.75 Å². The third kappa shape index (κ3) is 4.30. The van der Waals surface area contributed by atoms with Crippen LogP contribution in [0.1, 0.15) is 30.0 Å². The zero-order valence-electron chi connectivity index (χ0n) is 18.5. The Bertz CT molecular complexity index is 1240. The molecule has 0 amide bonds. The van der Waals surface area contributed by atoms with Gasteiger partial charge in [-0.05, 0) is 65.8 Å². The molecule has 6 nitrogen and oxygen atoms in total. The second kappa shape index (κ2) is 9.14. The van der Waals surface area contributed by atoms with Gasteiger partial charge >= 0.3 is 0 Å². The molecule has 1 unspecified atom stereocenters. The topological polar surface area (TPSA) is 114 Å². The SMILES string of the molecule is CCC(Cc1ccc(OC)cc1)Cc1cc(-c2c[nH]c3cnc(N)cc23)cc(C=N)c1N. The Balaban J connectivity index is 1.68. The number of hydrogen-bond acceptors (Lipinski definition) is 5. The Hall–Kier alpha value is -3.80. The molecular weight excluding hydrogens is 398 g/mol. The van der Waals surface area contributed by atoms with Gasteiger partial charge in [0.1, 0.15) is 11.6 Å². The number of nitrogens with one attached hydrogen (secondary N) is 2. The molecule has 4 rings (SSSR count). The van der Waals surface area contributed by atoms with Crippen molar-refractivity contribution in [3.63, 3.8) is 0 Å². The van der Waals surface area contributed by atoms with Crippen LogP contribution in [0.15, 0.2) is 54.9 Å². The average Bonchev–Trinajstić information content (AvgIpc) is 3.23. The van der Waals surface area contributed by atoms with Crippen molar-refractivity contribution in [3.8, 4) is 16.9 Å². The summed E-state index contributed by atoms with van der Waals surface area (Å²) in [6, 6.07) is 14.2. The summed E-state index contributed by atoms with van der Waals surface area (Å²) in [5, 5.41) is 8.90. The molecule has 1 atom stereocenters. The number of ether oxygens (including phenoxy) is 1. The maximum absolute atomic E-state index is 7.89. The Labute approximate surface area is 188 Å². The molecule has 0 aliphatic rings. The van der Waals surface area contributed by atoms with E-state index in [9.17, 15) is 0 Å². The molecule has 2 heterocycles. The van der Waals surface area contributed by atoms with Crippen molar-refractivity contribution < 1.29 is 4.74 Å². The normalized spacial score (nSPS) is 12.1. The second-order valence-electron chi connectivity index (χ2n) is 8.17. The number of aromatic nitrogens is 2. The molecule has 2 aromatic carbocycles. The van der Waals surface area contributed by atoms with Gasteiger partial charge in [-0.1, -0.05) is 25.5 Å². The number of rotatable bonds is 8. The number of nitrogens with zero attached hydrogens (tertiary/aromatic N) is 1. The van der Waals surface area contributed by atoms with Gasteiger partial charge < -0.3 is 26.6 Å². The fourth-order valence-electron chi connectivity index (χ4n) is 4.22. The van der Waals surface area contributed by atoms with Crippen molar-refractivity contribution in [1.29, 1.82) is 5.41 Å². The summed E-state index contributed by atoms with van der Waals surface area (Å²) in [4.78, 5) is 7.43. The molecule has 0 bridgehead atoms. The quantitative estimate of drug-likeness (QED) is 0.228. The molecule has 32 heavy (non-hydrogen) atoms. The van der Waals surface area contributed by atoms with Crippen molar-refractivity contribution >= 4 is 28.6 Å². The number of nitrogen functional groups attached to an aromatic ring is 2. The van der Waals surface area contributed by atoms with E-state index in [-0.39, 0.29) is 0 Å². The summed E-state index contributed by atoms with van der Waals surface area (Å²) in [5.41, 5.74) is 19.1. The van der Waals surface area contributed by atoms with Crippen molar-refractivity contribution in [1.82, 2.24) is 9.97 Å². The van der Waals surface area contributed by atoms with Crippen molar-refractivity contribution in [2.75, 3.05) is 18.6 Å². The Kier molecular flexibility index (Phi) is 6.12. The minimum atomic E-state index is 0.433. The molecule has 0 saturated heterocycles. The first-order chi connectivity index (χ1) is 15.5. The number of benzene rings is 2. The molecule has 0 saturated carbocycles. The van der Waals surface area contributed by atoms with E-state index in [1.54, 1.807) is 13.3 Å². The highest BCUT2D eigenvalue weighted by Gasteiger charge is 2.16. The van der Waals surface area contributed by atoms with E-state index >= 15 is 0 Å². The van der Waals surface area contributed by atoms with Crippen molar-refractivity contribution in [2.24, 2.45) is 5.92 Å². The molecule has 6 heteroatoms. The summed E-state index contributed by atoms with van der Waals surface area (Å²) < 4.78 is 5.27. The Morgan fingerprint density at radius 2 is 1.91 bits per heavy atom. The van der Waals surface area contributed by atoms with Gasteiger partial charge in [0.25, 0.3) is 0 Å². The van der Waals surface area contributed by atoms with Gasteiger partial charge in [-0.3, -0.25) is 0 Å². The fourth-order valence-corrected chi connectivity index (χ4v) is 4.22. The predicted octanol–water partition coefficient (Wildman–Crippen LogP) is 5.21. The van der Waals surface area contributed by atoms with Crippen molar-refractivity contribution in [2.45, 2.75) is 26.2 Å². The number of aromatic amines is 1. The van der Waals surface area contributed by atoms with E-state index in [4.69, 9.17) is 21.6 Å². The lowest BCUT2D eigenvalue weighted by Gasteiger charge is -2.19. The first-order valence-corrected chi connectivity index (χ1v) is 10.8. The van der Waals surface area contributed by atoms with Gasteiger partial charge in [-0.2, -0.15) is 0 Å². The van der Waals surface area contributed by atoms with E-state index in [0.29, 0.717) is 17.4 Å². The molecule has 164 valence electrons. The lowest BCUT2D eigenvalue weighted by atomic mass is 9.87. The first-order valence-electron chi connectivity index (χ1n) is 10.8. The predicted molar refractivity (Wildman–Crippen MR) is 132 cm³/mol. The summed E-state index contributed by atoms with van der Waals surface area (Å²) in [7, 11) is 1.68. The minimum Gasteiger partial charge on any atom is -0.497 e. The largest absolute Gasteiger partial charge is 0.497 e. The maximum atomic E-state index is 7.89. The highest BCUT2D eigenvalue weighted by molar-refractivity contribution is 5.98. The number of nitrogens with two attached hydrogens (primary N) is 2. The lowest BCUT2D eigenvalue weighted by molar-refractivity contribution is 0.414. The summed E-state index contributed by atoms with van der Waals surface area (Å²) in [5.74, 6) is 1.78. The third-order valence-corrected chi connectivity index (χ3v) is 6.12. The number of hydrogen-bond donors (Lipinski definition) is 4. The van der Waals surface area contributed by atoms with Crippen LogP contribution in [0.2, 0.25) is 0 Å². The Morgan fingerprint density at radius 1 is 1.12 bits per heavy atom. The average molecular weight is 428 g/mol. The van der Waals surface area contributed by atoms with E-state index in [1.165, 1.54) is 11.8 Å². The first kappa shape index (κ1) is 21.4. The summed E-state index contributed by atoms with van der Waals surface area (Å²) in [6.45, 7) is 2.21. The third-order valence-electron chi connectivity index (χ3n) is 6.12. The molecular formula is C26H29N5O. The number of methoxy groups -OCH3 is 1. The van der Waals surface area contributed by atoms with E-state index in [2.05, 4.69) is 35.1 Å². The zero-order chi connectivity index (χ0) is 22.7. The molecule has 0 spiro atoms. The van der Waals surface area contributed by atoms with Gasteiger partial charge in [0.2, 0.25) is 0 Å². The molecule has 0 fully saturated rings. The van der Waals surface area contributed by atoms with Crippen LogP contribution in [-0.4, -0.2) is 23.3 Å². The van der Waals surface area contributed by atoms with Crippen LogP contribution in [0.3, 0.4) is 0 Å². The van der Waals surface area contributed by atoms with E-state index in [0.717, 1.165) is 58.2 Å². The Morgan fingerprint density at radius 3 is 2.59 bits per heavy atom. The van der Waals surface area contributed by atoms with Crippen LogP contribution in [0.4, 0.5) is 11.5 Å². The van der Waals surface area contributed by atoms with Crippen LogP contribution in [0, 0.1) is 11.3 Å². The number of H-pyrrole nitrogens is 1. The fraction of sp³-hybridized carbons (Fsp3) is 0.231. The molecule has 6 N–H and O–H groups in total. The summed E-state index contributed by atoms with van der Waals surface area (Å²) in [6.07, 6.45) is 7.87. The lowest BCUT2D eigenvalue weighted by Crippen LogP contribution is -2.10. The molecule has 0 aliphatic heterocycles. The standard InChI is InChI=1S/C26H29N5O/c1-3-16(8-17-4-6-21(32-2)7-5-17)9-19-10-18(11-20(13-27)26(19)29)23-14-30-24-15-31-25(28)12-22(23)24/h4-7,10-16,27,30H,3,8-9,29H2,1-2H3,(H2,28,31). The second-order valence-corrected chi connectivity index (χ2v) is 8.17. The highest BCUT2D eigenvalue weighted by Crippen LogP contribution is 2.34. The molecule has 4 aromatic rings. The zero-order valence-corrected chi connectivity index (χ0v) is 18.5. The van der Waals surface area contributed by atoms with E-state index in [1.807, 2.05) is 30.5 Å². The van der Waals surface area contributed by atoms with Gasteiger partial charge in [0.05, 0.1) is 18.8 Å². The van der Waals surface area contributed by atoms with Gasteiger partial charge in [0, 0.05) is 34.6 Å². The smallest absolute Gasteiger partial charge is 0.124 e. The van der Waals surface area contributed by atoms with Crippen LogP contribution in [-0.2, 0) is 12.8 Å². The van der Waals surface area contributed by atoms with Gasteiger partial charge in [-0.15, -0.1) is 0 Å². The number of anilines is 2. The van der Waals surface area contributed by atoms with Gasteiger partial charge in [-0.25, -0.2) is 4.98 Å². The maximum Gasteiger partial charge on any atom is 0.124 e.